The molecule has 0 N–H and O–H groups in total. The summed E-state index contributed by atoms with van der Waals surface area (Å²) in [6.07, 6.45) is 2.71. The first-order valence-corrected chi connectivity index (χ1v) is 11.0. The van der Waals surface area contributed by atoms with Crippen molar-refractivity contribution in [2.24, 2.45) is 17.8 Å². The molecule has 7 heteroatoms. The average Bonchev–Trinajstić information content (AvgIpc) is 3.46. The highest BCUT2D eigenvalue weighted by atomic mass is 16.7. The SMILES string of the molecule is COC1OC(COC(=O)c2ccccc2)C2C3C=CC(C3)C2(OC(=O)c2ccccc2)C1=O. The van der Waals surface area contributed by atoms with Gasteiger partial charge in [-0.15, -0.1) is 0 Å². The molecule has 0 radical (unpaired) electrons. The van der Waals surface area contributed by atoms with Gasteiger partial charge in [-0.2, -0.15) is 0 Å². The van der Waals surface area contributed by atoms with Gasteiger partial charge in [-0.3, -0.25) is 4.79 Å². The number of rotatable bonds is 6. The van der Waals surface area contributed by atoms with Crippen LogP contribution >= 0.6 is 0 Å². The zero-order chi connectivity index (χ0) is 23.0. The molecule has 6 unspecified atom stereocenters. The minimum Gasteiger partial charge on any atom is -0.459 e. The second kappa shape index (κ2) is 8.57. The van der Waals surface area contributed by atoms with Gasteiger partial charge in [0.15, 0.2) is 5.60 Å². The van der Waals surface area contributed by atoms with Gasteiger partial charge in [0.25, 0.3) is 0 Å². The summed E-state index contributed by atoms with van der Waals surface area (Å²) in [7, 11) is 1.37. The summed E-state index contributed by atoms with van der Waals surface area (Å²) in [5, 5.41) is 0. The van der Waals surface area contributed by atoms with E-state index in [2.05, 4.69) is 0 Å². The van der Waals surface area contributed by atoms with Crippen LogP contribution in [0.4, 0.5) is 0 Å². The third kappa shape index (κ3) is 3.57. The van der Waals surface area contributed by atoms with Crippen molar-refractivity contribution in [2.75, 3.05) is 13.7 Å². The summed E-state index contributed by atoms with van der Waals surface area (Å²) >= 11 is 0. The quantitative estimate of drug-likeness (QED) is 0.495. The summed E-state index contributed by atoms with van der Waals surface area (Å²) < 4.78 is 22.9. The number of ether oxygens (including phenoxy) is 4. The van der Waals surface area contributed by atoms with Crippen LogP contribution < -0.4 is 0 Å². The van der Waals surface area contributed by atoms with Gasteiger partial charge in [0.05, 0.1) is 11.1 Å². The predicted molar refractivity (Wildman–Crippen MR) is 116 cm³/mol. The average molecular weight is 448 g/mol. The van der Waals surface area contributed by atoms with Crippen LogP contribution in [0.2, 0.25) is 0 Å². The lowest BCUT2D eigenvalue weighted by Gasteiger charge is -2.48. The van der Waals surface area contributed by atoms with Crippen LogP contribution in [0, 0.1) is 17.8 Å². The molecule has 33 heavy (non-hydrogen) atoms. The highest BCUT2D eigenvalue weighted by Crippen LogP contribution is 2.57. The lowest BCUT2D eigenvalue weighted by atomic mass is 9.71. The van der Waals surface area contributed by atoms with Crippen LogP contribution in [0.15, 0.2) is 72.8 Å². The predicted octanol–water partition coefficient (Wildman–Crippen LogP) is 3.20. The van der Waals surface area contributed by atoms with E-state index in [4.69, 9.17) is 18.9 Å². The van der Waals surface area contributed by atoms with E-state index in [0.29, 0.717) is 17.5 Å². The minimum atomic E-state index is -1.44. The fourth-order valence-corrected chi connectivity index (χ4v) is 5.37. The number of esters is 2. The third-order valence-electron chi connectivity index (χ3n) is 6.80. The van der Waals surface area contributed by atoms with Gasteiger partial charge in [-0.1, -0.05) is 48.6 Å². The lowest BCUT2D eigenvalue weighted by Crippen LogP contribution is -2.65. The maximum Gasteiger partial charge on any atom is 0.339 e. The molecule has 0 aromatic heterocycles. The number of Topliss-reactive ketones (excluding diaryl/α,β-unsaturated/α-hetero) is 1. The Labute approximate surface area is 191 Å². The Morgan fingerprint density at radius 3 is 2.24 bits per heavy atom. The summed E-state index contributed by atoms with van der Waals surface area (Å²) in [6, 6.07) is 17.2. The van der Waals surface area contributed by atoms with Gasteiger partial charge in [0.1, 0.15) is 12.7 Å². The number of allylic oxidation sites excluding steroid dienone is 1. The van der Waals surface area contributed by atoms with Crippen molar-refractivity contribution in [1.82, 2.24) is 0 Å². The molecule has 1 saturated heterocycles. The molecule has 6 atom stereocenters. The molecular formula is C26H24O7. The van der Waals surface area contributed by atoms with Crippen molar-refractivity contribution in [3.8, 4) is 0 Å². The number of ketones is 1. The molecule has 3 aliphatic rings. The second-order valence-corrected chi connectivity index (χ2v) is 8.54. The normalized spacial score (nSPS) is 31.8. The molecular weight excluding hydrogens is 424 g/mol. The Balaban J connectivity index is 1.44. The molecule has 2 bridgehead atoms. The fourth-order valence-electron chi connectivity index (χ4n) is 5.37. The first-order valence-electron chi connectivity index (χ1n) is 11.0. The summed E-state index contributed by atoms with van der Waals surface area (Å²) in [5.41, 5.74) is -0.658. The Morgan fingerprint density at radius 2 is 1.61 bits per heavy atom. The maximum absolute atomic E-state index is 13.6. The van der Waals surface area contributed by atoms with E-state index >= 15 is 0 Å². The van der Waals surface area contributed by atoms with E-state index in [9.17, 15) is 14.4 Å². The largest absolute Gasteiger partial charge is 0.459 e. The number of carbonyl (C=O) groups is 3. The molecule has 1 saturated carbocycles. The van der Waals surface area contributed by atoms with Crippen molar-refractivity contribution in [3.05, 3.63) is 83.9 Å². The summed E-state index contributed by atoms with van der Waals surface area (Å²) in [5.74, 6) is -2.30. The molecule has 2 aliphatic carbocycles. The number of methoxy groups -OCH3 is 1. The Hall–Kier alpha value is -3.29. The van der Waals surface area contributed by atoms with Gasteiger partial charge in [0, 0.05) is 18.9 Å². The molecule has 0 spiro atoms. The second-order valence-electron chi connectivity index (χ2n) is 8.54. The Kier molecular flexibility index (Phi) is 5.60. The molecule has 0 amide bonds. The molecule has 7 nitrogen and oxygen atoms in total. The molecule has 2 aromatic carbocycles. The molecule has 5 rings (SSSR count). The molecule has 170 valence electrons. The van der Waals surface area contributed by atoms with Gasteiger partial charge in [-0.25, -0.2) is 9.59 Å². The monoisotopic (exact) mass is 448 g/mol. The summed E-state index contributed by atoms with van der Waals surface area (Å²) in [6.45, 7) is -0.0900. The van der Waals surface area contributed by atoms with E-state index in [1.165, 1.54) is 7.11 Å². The Bertz CT molecular complexity index is 1080. The van der Waals surface area contributed by atoms with Gasteiger partial charge >= 0.3 is 11.9 Å². The van der Waals surface area contributed by atoms with Crippen molar-refractivity contribution in [1.29, 1.82) is 0 Å². The van der Waals surface area contributed by atoms with Crippen molar-refractivity contribution in [2.45, 2.75) is 24.4 Å². The number of hydrogen-bond acceptors (Lipinski definition) is 7. The van der Waals surface area contributed by atoms with Crippen LogP contribution in [0.1, 0.15) is 27.1 Å². The molecule has 2 fully saturated rings. The van der Waals surface area contributed by atoms with E-state index in [0.717, 1.165) is 0 Å². The topological polar surface area (TPSA) is 88.1 Å². The van der Waals surface area contributed by atoms with Crippen LogP contribution in [0.25, 0.3) is 0 Å². The zero-order valence-electron chi connectivity index (χ0n) is 18.1. The standard InChI is InChI=1S/C26H24O7/c1-30-25-22(27)26(33-24(29)17-10-6-3-7-11-17)19-13-12-18(14-19)21(26)20(32-25)15-31-23(28)16-8-4-2-5-9-16/h2-13,18-21,25H,14-15H2,1H3. The molecule has 1 heterocycles. The first kappa shape index (κ1) is 21.6. The van der Waals surface area contributed by atoms with Crippen molar-refractivity contribution in [3.63, 3.8) is 0 Å². The minimum absolute atomic E-state index is 0.0410. The number of carbonyl (C=O) groups excluding carboxylic acids is 3. The van der Waals surface area contributed by atoms with Crippen LogP contribution in [0.5, 0.6) is 0 Å². The number of benzene rings is 2. The maximum atomic E-state index is 13.6. The molecule has 1 aliphatic heterocycles. The van der Waals surface area contributed by atoms with Crippen LogP contribution in [-0.4, -0.2) is 49.4 Å². The lowest BCUT2D eigenvalue weighted by molar-refractivity contribution is -0.243. The Morgan fingerprint density at radius 1 is 0.970 bits per heavy atom. The van der Waals surface area contributed by atoms with Crippen molar-refractivity contribution >= 4 is 17.7 Å². The number of hydrogen-bond donors (Lipinski definition) is 0. The summed E-state index contributed by atoms with van der Waals surface area (Å²) in [4.78, 5) is 39.1. The van der Waals surface area contributed by atoms with E-state index in [1.807, 2.05) is 18.2 Å². The van der Waals surface area contributed by atoms with E-state index in [-0.39, 0.29) is 18.4 Å². The molecule has 2 aromatic rings. The van der Waals surface area contributed by atoms with Gasteiger partial charge in [0.2, 0.25) is 12.1 Å². The van der Waals surface area contributed by atoms with Crippen molar-refractivity contribution < 1.29 is 33.3 Å². The third-order valence-corrected chi connectivity index (χ3v) is 6.80. The first-order chi connectivity index (χ1) is 16.0. The number of fused-ring (bicyclic) bond motifs is 5. The van der Waals surface area contributed by atoms with E-state index in [1.54, 1.807) is 54.6 Å². The fraction of sp³-hybridized carbons (Fsp3) is 0.346. The smallest absolute Gasteiger partial charge is 0.339 e. The van der Waals surface area contributed by atoms with Gasteiger partial charge < -0.3 is 18.9 Å². The van der Waals surface area contributed by atoms with Gasteiger partial charge in [-0.05, 0) is 36.6 Å². The van der Waals surface area contributed by atoms with Crippen LogP contribution in [0.3, 0.4) is 0 Å². The zero-order valence-corrected chi connectivity index (χ0v) is 18.1. The van der Waals surface area contributed by atoms with Crippen LogP contribution in [-0.2, 0) is 23.7 Å². The highest BCUT2D eigenvalue weighted by molar-refractivity contribution is 5.98. The highest BCUT2D eigenvalue weighted by Gasteiger charge is 2.69. The van der Waals surface area contributed by atoms with E-state index < -0.39 is 41.6 Å².